The van der Waals surface area contributed by atoms with E-state index in [0.717, 1.165) is 0 Å². The van der Waals surface area contributed by atoms with Gasteiger partial charge in [0, 0.05) is 0 Å². The Morgan fingerprint density at radius 3 is 1.75 bits per heavy atom. The Hall–Kier alpha value is 0.0987. The SMILES string of the molecule is CCC[CH2][Sn]([CH2]CCC)([CH2]CCC)[c]1cnc(Cl)nn1. The van der Waals surface area contributed by atoms with Crippen LogP contribution in [0.2, 0.25) is 18.6 Å². The average Bonchev–Trinajstić information content (AvgIpc) is 2.48. The molecule has 0 aliphatic carbocycles. The second-order valence-electron chi connectivity index (χ2n) is 5.70. The Bertz CT molecular complexity index is 348. The van der Waals surface area contributed by atoms with E-state index < -0.39 is 18.4 Å². The first-order valence-corrected chi connectivity index (χ1v) is 15.9. The quantitative estimate of drug-likeness (QED) is 0.536. The molecule has 0 unspecified atom stereocenters. The van der Waals surface area contributed by atoms with E-state index in [2.05, 4.69) is 36.0 Å². The number of halogens is 1. The van der Waals surface area contributed by atoms with Crippen LogP contribution in [0.25, 0.3) is 0 Å². The Balaban J connectivity index is 3.00. The third-order valence-electron chi connectivity index (χ3n) is 4.10. The van der Waals surface area contributed by atoms with E-state index in [4.69, 9.17) is 11.6 Å². The summed E-state index contributed by atoms with van der Waals surface area (Å²) in [6.45, 7) is 6.84. The molecule has 0 spiro atoms. The predicted octanol–water partition coefficient (Wildman–Crippen LogP) is 4.58. The molecule has 0 saturated heterocycles. The Morgan fingerprint density at radius 2 is 1.40 bits per heavy atom. The first kappa shape index (κ1) is 18.1. The summed E-state index contributed by atoms with van der Waals surface area (Å²) < 4.78 is 5.43. The summed E-state index contributed by atoms with van der Waals surface area (Å²) in [5, 5.41) is 8.76. The van der Waals surface area contributed by atoms with E-state index in [0.29, 0.717) is 0 Å². The standard InChI is InChI=1S/3C4H9.C3HClN3.Sn/c3*1-3-4-2;4-3-5-1-2-6-7-3;/h3*1,3-4H2,2H3;1H;. The zero-order valence-corrected chi connectivity index (χ0v) is 16.8. The molecule has 1 aromatic heterocycles. The van der Waals surface area contributed by atoms with Crippen molar-refractivity contribution < 1.29 is 0 Å². The van der Waals surface area contributed by atoms with E-state index >= 15 is 0 Å². The molecule has 1 aromatic rings. The minimum atomic E-state index is -2.42. The first-order valence-electron chi connectivity index (χ1n) is 8.04. The van der Waals surface area contributed by atoms with Crippen molar-refractivity contribution >= 4 is 33.7 Å². The molecule has 0 saturated carbocycles. The van der Waals surface area contributed by atoms with E-state index in [1.807, 2.05) is 6.20 Å². The summed E-state index contributed by atoms with van der Waals surface area (Å²) in [5.74, 6) is 0. The van der Waals surface area contributed by atoms with Crippen molar-refractivity contribution in [1.82, 2.24) is 15.2 Å². The molecule has 0 atom stereocenters. The monoisotopic (exact) mass is 405 g/mol. The summed E-state index contributed by atoms with van der Waals surface area (Å²) >= 11 is 3.39. The van der Waals surface area contributed by atoms with Gasteiger partial charge in [0.15, 0.2) is 0 Å². The average molecular weight is 405 g/mol. The van der Waals surface area contributed by atoms with Gasteiger partial charge in [-0.15, -0.1) is 0 Å². The molecule has 0 aliphatic rings. The van der Waals surface area contributed by atoms with Crippen LogP contribution in [-0.2, 0) is 0 Å². The maximum atomic E-state index is 5.81. The molecular weight excluding hydrogens is 376 g/mol. The van der Waals surface area contributed by atoms with Gasteiger partial charge < -0.3 is 0 Å². The van der Waals surface area contributed by atoms with Crippen LogP contribution in [0.1, 0.15) is 59.3 Å². The molecule has 20 heavy (non-hydrogen) atoms. The molecule has 0 fully saturated rings. The van der Waals surface area contributed by atoms with Crippen molar-refractivity contribution in [3.8, 4) is 0 Å². The number of nitrogens with zero attached hydrogens (tertiary/aromatic N) is 3. The van der Waals surface area contributed by atoms with Gasteiger partial charge in [-0.2, -0.15) is 0 Å². The van der Waals surface area contributed by atoms with Gasteiger partial charge in [0.2, 0.25) is 0 Å². The van der Waals surface area contributed by atoms with Gasteiger partial charge in [-0.25, -0.2) is 0 Å². The molecule has 3 nitrogen and oxygen atoms in total. The predicted molar refractivity (Wildman–Crippen MR) is 89.4 cm³/mol. The molecule has 1 heterocycles. The van der Waals surface area contributed by atoms with E-state index in [1.54, 1.807) is 0 Å². The Morgan fingerprint density at radius 1 is 0.900 bits per heavy atom. The van der Waals surface area contributed by atoms with Crippen LogP contribution in [0, 0.1) is 0 Å². The zero-order chi connectivity index (χ0) is 14.8. The van der Waals surface area contributed by atoms with Crippen LogP contribution in [0.4, 0.5) is 0 Å². The minimum absolute atomic E-state index is 0.274. The van der Waals surface area contributed by atoms with E-state index in [-0.39, 0.29) is 5.28 Å². The fourth-order valence-corrected chi connectivity index (χ4v) is 17.8. The third kappa shape index (κ3) is 5.47. The van der Waals surface area contributed by atoms with Crippen molar-refractivity contribution in [1.29, 1.82) is 0 Å². The van der Waals surface area contributed by atoms with Crippen LogP contribution in [-0.4, -0.2) is 33.6 Å². The van der Waals surface area contributed by atoms with Crippen LogP contribution in [0.15, 0.2) is 6.20 Å². The van der Waals surface area contributed by atoms with E-state index in [1.165, 1.54) is 55.5 Å². The number of unbranched alkanes of at least 4 members (excludes halogenated alkanes) is 3. The van der Waals surface area contributed by atoms with Crippen molar-refractivity contribution in [2.75, 3.05) is 0 Å². The second-order valence-corrected chi connectivity index (χ2v) is 19.1. The topological polar surface area (TPSA) is 38.7 Å². The zero-order valence-electron chi connectivity index (χ0n) is 13.2. The van der Waals surface area contributed by atoms with Gasteiger partial charge >= 0.3 is 133 Å². The molecule has 0 bridgehead atoms. The molecule has 0 amide bonds. The van der Waals surface area contributed by atoms with Crippen molar-refractivity contribution in [3.63, 3.8) is 0 Å². The van der Waals surface area contributed by atoms with Crippen LogP contribution < -0.4 is 3.71 Å². The number of rotatable bonds is 10. The van der Waals surface area contributed by atoms with Gasteiger partial charge in [-0.05, 0) is 0 Å². The van der Waals surface area contributed by atoms with Crippen molar-refractivity contribution in [3.05, 3.63) is 11.5 Å². The third-order valence-corrected chi connectivity index (χ3v) is 19.3. The first-order chi connectivity index (χ1) is 9.68. The summed E-state index contributed by atoms with van der Waals surface area (Å²) in [6.07, 6.45) is 9.73. The summed E-state index contributed by atoms with van der Waals surface area (Å²) in [5.41, 5.74) is 0. The normalized spacial score (nSPS) is 11.8. The van der Waals surface area contributed by atoms with Gasteiger partial charge in [0.05, 0.1) is 0 Å². The fraction of sp³-hybridized carbons (Fsp3) is 0.800. The van der Waals surface area contributed by atoms with Crippen molar-refractivity contribution in [2.45, 2.75) is 72.6 Å². The number of aromatic nitrogens is 3. The molecule has 0 N–H and O–H groups in total. The molecular formula is C15H28ClN3Sn. The van der Waals surface area contributed by atoms with Crippen LogP contribution in [0.3, 0.4) is 0 Å². The number of hydrogen-bond donors (Lipinski definition) is 0. The van der Waals surface area contributed by atoms with Crippen LogP contribution >= 0.6 is 11.6 Å². The summed E-state index contributed by atoms with van der Waals surface area (Å²) in [6, 6.07) is 0. The molecule has 0 aliphatic heterocycles. The fourth-order valence-electron chi connectivity index (χ4n) is 2.81. The van der Waals surface area contributed by atoms with Gasteiger partial charge in [0.1, 0.15) is 0 Å². The summed E-state index contributed by atoms with van der Waals surface area (Å²) in [4.78, 5) is 4.21. The van der Waals surface area contributed by atoms with Crippen LogP contribution in [0.5, 0.6) is 0 Å². The van der Waals surface area contributed by atoms with E-state index in [9.17, 15) is 0 Å². The molecule has 0 aromatic carbocycles. The van der Waals surface area contributed by atoms with Gasteiger partial charge in [-0.1, -0.05) is 0 Å². The second kappa shape index (κ2) is 9.93. The molecule has 0 radical (unpaired) electrons. The maximum absolute atomic E-state index is 5.81. The molecule has 114 valence electrons. The Kier molecular flexibility index (Phi) is 9.01. The number of hydrogen-bond acceptors (Lipinski definition) is 3. The molecule has 1 rings (SSSR count). The van der Waals surface area contributed by atoms with Crippen molar-refractivity contribution in [2.24, 2.45) is 0 Å². The van der Waals surface area contributed by atoms with Gasteiger partial charge in [-0.3, -0.25) is 0 Å². The molecule has 5 heteroatoms. The van der Waals surface area contributed by atoms with Gasteiger partial charge in [0.25, 0.3) is 0 Å². The summed E-state index contributed by atoms with van der Waals surface area (Å²) in [7, 11) is 0. The Labute approximate surface area is 132 Å².